The van der Waals surface area contributed by atoms with Gasteiger partial charge in [0.1, 0.15) is 6.61 Å². The number of nitrogen functional groups attached to an aromatic ring is 1. The number of ether oxygens (including phenoxy) is 1. The van der Waals surface area contributed by atoms with Crippen LogP contribution in [0.4, 0.5) is 14.5 Å². The Kier molecular flexibility index (Phi) is 5.04. The van der Waals surface area contributed by atoms with Crippen LogP contribution in [0.25, 0.3) is 0 Å². The highest BCUT2D eigenvalue weighted by atomic mass is 19.3. The fraction of sp³-hybridized carbons (Fsp3) is 0.455. The van der Waals surface area contributed by atoms with Crippen molar-refractivity contribution in [1.82, 2.24) is 0 Å². The Morgan fingerprint density at radius 1 is 1.20 bits per heavy atom. The predicted octanol–water partition coefficient (Wildman–Crippen LogP) is 2.48. The lowest BCUT2D eigenvalue weighted by atomic mass is 10.1. The highest BCUT2D eigenvalue weighted by molar-refractivity contribution is 5.39. The fourth-order valence-electron chi connectivity index (χ4n) is 1.24. The van der Waals surface area contributed by atoms with E-state index in [2.05, 4.69) is 0 Å². The smallest absolute Gasteiger partial charge is 0.261 e. The number of alkyl halides is 2. The summed E-state index contributed by atoms with van der Waals surface area (Å²) in [5.74, 6) is 0. The molecule has 15 heavy (non-hydrogen) atoms. The maximum atomic E-state index is 11.7. The second-order valence-corrected chi connectivity index (χ2v) is 3.31. The summed E-state index contributed by atoms with van der Waals surface area (Å²) in [7, 11) is 0. The van der Waals surface area contributed by atoms with Crippen LogP contribution in [0.1, 0.15) is 12.0 Å². The van der Waals surface area contributed by atoms with Crippen molar-refractivity contribution in [2.45, 2.75) is 19.3 Å². The minimum absolute atomic E-state index is 0.370. The molecule has 0 atom stereocenters. The molecule has 1 aromatic rings. The van der Waals surface area contributed by atoms with Crippen molar-refractivity contribution in [3.05, 3.63) is 29.8 Å². The van der Waals surface area contributed by atoms with E-state index in [1.165, 1.54) is 0 Å². The van der Waals surface area contributed by atoms with E-state index < -0.39 is 13.0 Å². The molecule has 0 heterocycles. The Bertz CT molecular complexity index is 274. The van der Waals surface area contributed by atoms with Crippen molar-refractivity contribution in [3.8, 4) is 0 Å². The number of aryl methyl sites for hydroxylation is 1. The summed E-state index contributed by atoms with van der Waals surface area (Å²) in [4.78, 5) is 0. The molecule has 0 aliphatic carbocycles. The number of benzene rings is 1. The zero-order chi connectivity index (χ0) is 11.1. The zero-order valence-electron chi connectivity index (χ0n) is 8.46. The minimum Gasteiger partial charge on any atom is -0.399 e. The van der Waals surface area contributed by atoms with Gasteiger partial charge in [-0.2, -0.15) is 0 Å². The normalized spacial score (nSPS) is 10.9. The number of nitrogens with two attached hydrogens (primary N) is 1. The van der Waals surface area contributed by atoms with Crippen molar-refractivity contribution >= 4 is 5.69 Å². The molecule has 0 fully saturated rings. The van der Waals surface area contributed by atoms with E-state index in [0.717, 1.165) is 24.1 Å². The first-order valence-electron chi connectivity index (χ1n) is 4.89. The van der Waals surface area contributed by atoms with E-state index in [1.54, 1.807) is 0 Å². The molecule has 2 N–H and O–H groups in total. The van der Waals surface area contributed by atoms with Crippen LogP contribution >= 0.6 is 0 Å². The lowest BCUT2D eigenvalue weighted by molar-refractivity contribution is 0.0168. The number of halogens is 2. The van der Waals surface area contributed by atoms with Gasteiger partial charge in [0.25, 0.3) is 6.43 Å². The molecule has 0 amide bonds. The van der Waals surface area contributed by atoms with Gasteiger partial charge in [-0.3, -0.25) is 0 Å². The van der Waals surface area contributed by atoms with Crippen LogP contribution in [0.5, 0.6) is 0 Å². The molecule has 0 radical (unpaired) electrons. The molecule has 0 aliphatic heterocycles. The third-order valence-corrected chi connectivity index (χ3v) is 1.98. The molecule has 1 aromatic carbocycles. The summed E-state index contributed by atoms with van der Waals surface area (Å²) in [6, 6.07) is 7.52. The monoisotopic (exact) mass is 215 g/mol. The number of rotatable bonds is 6. The Balaban J connectivity index is 2.12. The van der Waals surface area contributed by atoms with Crippen LogP contribution in [0, 0.1) is 0 Å². The first-order chi connectivity index (χ1) is 7.18. The summed E-state index contributed by atoms with van der Waals surface area (Å²) >= 11 is 0. The Labute approximate surface area is 88.0 Å². The lowest BCUT2D eigenvalue weighted by Gasteiger charge is -2.04. The van der Waals surface area contributed by atoms with Crippen molar-refractivity contribution in [3.63, 3.8) is 0 Å². The molecular weight excluding hydrogens is 200 g/mol. The second-order valence-electron chi connectivity index (χ2n) is 3.31. The van der Waals surface area contributed by atoms with E-state index in [0.29, 0.717) is 6.61 Å². The van der Waals surface area contributed by atoms with Gasteiger partial charge in [0.15, 0.2) is 0 Å². The number of anilines is 1. The van der Waals surface area contributed by atoms with Crippen LogP contribution < -0.4 is 5.73 Å². The third kappa shape index (κ3) is 5.32. The summed E-state index contributed by atoms with van der Waals surface area (Å²) in [5.41, 5.74) is 7.40. The van der Waals surface area contributed by atoms with Crippen LogP contribution in [-0.4, -0.2) is 19.6 Å². The van der Waals surface area contributed by atoms with Crippen LogP contribution in [0.15, 0.2) is 24.3 Å². The van der Waals surface area contributed by atoms with Crippen molar-refractivity contribution in [1.29, 1.82) is 0 Å². The van der Waals surface area contributed by atoms with E-state index in [9.17, 15) is 8.78 Å². The molecule has 0 saturated heterocycles. The van der Waals surface area contributed by atoms with Gasteiger partial charge in [-0.25, -0.2) is 8.78 Å². The van der Waals surface area contributed by atoms with Crippen LogP contribution in [0.3, 0.4) is 0 Å². The van der Waals surface area contributed by atoms with Gasteiger partial charge in [-0.15, -0.1) is 0 Å². The molecular formula is C11H15F2NO. The second kappa shape index (κ2) is 6.35. The molecule has 1 rings (SSSR count). The Morgan fingerprint density at radius 3 is 2.47 bits per heavy atom. The Morgan fingerprint density at radius 2 is 1.87 bits per heavy atom. The topological polar surface area (TPSA) is 35.2 Å². The van der Waals surface area contributed by atoms with E-state index in [-0.39, 0.29) is 0 Å². The number of hydrogen-bond donors (Lipinski definition) is 1. The van der Waals surface area contributed by atoms with E-state index in [1.807, 2.05) is 24.3 Å². The van der Waals surface area contributed by atoms with E-state index in [4.69, 9.17) is 10.5 Å². The SMILES string of the molecule is Nc1ccc(CCCOCC(F)F)cc1. The van der Waals surface area contributed by atoms with Crippen LogP contribution in [0.2, 0.25) is 0 Å². The van der Waals surface area contributed by atoms with Gasteiger partial charge in [0.2, 0.25) is 0 Å². The summed E-state index contributed by atoms with van der Waals surface area (Å²) < 4.78 is 28.1. The fourth-order valence-corrected chi connectivity index (χ4v) is 1.24. The molecule has 0 unspecified atom stereocenters. The molecule has 0 bridgehead atoms. The largest absolute Gasteiger partial charge is 0.399 e. The van der Waals surface area contributed by atoms with Crippen molar-refractivity contribution in [2.75, 3.05) is 18.9 Å². The molecule has 0 aliphatic rings. The summed E-state index contributed by atoms with van der Waals surface area (Å²) in [6.07, 6.45) is -0.804. The summed E-state index contributed by atoms with van der Waals surface area (Å²) in [5, 5.41) is 0. The molecule has 84 valence electrons. The predicted molar refractivity (Wildman–Crippen MR) is 56.0 cm³/mol. The molecule has 0 spiro atoms. The first kappa shape index (κ1) is 11.9. The van der Waals surface area contributed by atoms with Gasteiger partial charge >= 0.3 is 0 Å². The molecule has 0 saturated carbocycles. The summed E-state index contributed by atoms with van der Waals surface area (Å²) in [6.45, 7) is -0.101. The molecule has 4 heteroatoms. The van der Waals surface area contributed by atoms with Gasteiger partial charge in [0, 0.05) is 12.3 Å². The van der Waals surface area contributed by atoms with Crippen molar-refractivity contribution < 1.29 is 13.5 Å². The lowest BCUT2D eigenvalue weighted by Crippen LogP contribution is -2.05. The highest BCUT2D eigenvalue weighted by Crippen LogP contribution is 2.07. The molecule has 2 nitrogen and oxygen atoms in total. The van der Waals surface area contributed by atoms with Crippen LogP contribution in [-0.2, 0) is 11.2 Å². The zero-order valence-corrected chi connectivity index (χ0v) is 8.46. The van der Waals surface area contributed by atoms with Crippen molar-refractivity contribution in [2.24, 2.45) is 0 Å². The number of hydrogen-bond acceptors (Lipinski definition) is 2. The standard InChI is InChI=1S/C11H15F2NO/c12-11(13)8-15-7-1-2-9-3-5-10(14)6-4-9/h3-6,11H,1-2,7-8,14H2. The minimum atomic E-state index is -2.37. The quantitative estimate of drug-likeness (QED) is 0.584. The van der Waals surface area contributed by atoms with Gasteiger partial charge in [-0.05, 0) is 30.5 Å². The average molecular weight is 215 g/mol. The molecule has 0 aromatic heterocycles. The Hall–Kier alpha value is -1.16. The maximum absolute atomic E-state index is 11.7. The maximum Gasteiger partial charge on any atom is 0.261 e. The van der Waals surface area contributed by atoms with Gasteiger partial charge < -0.3 is 10.5 Å². The van der Waals surface area contributed by atoms with Gasteiger partial charge in [0.05, 0.1) is 0 Å². The highest BCUT2D eigenvalue weighted by Gasteiger charge is 2.01. The van der Waals surface area contributed by atoms with E-state index >= 15 is 0 Å². The average Bonchev–Trinajstić information content (AvgIpc) is 2.20. The third-order valence-electron chi connectivity index (χ3n) is 1.98. The van der Waals surface area contributed by atoms with Gasteiger partial charge in [-0.1, -0.05) is 12.1 Å². The first-order valence-corrected chi connectivity index (χ1v) is 4.89.